The zero-order valence-electron chi connectivity index (χ0n) is 12.4. The summed E-state index contributed by atoms with van der Waals surface area (Å²) in [5.41, 5.74) is 2.82. The third kappa shape index (κ3) is 4.61. The molecular weight excluding hydrogens is 331 g/mol. The highest BCUT2D eigenvalue weighted by atomic mass is 79.9. The van der Waals surface area contributed by atoms with Crippen LogP contribution < -0.4 is 5.32 Å². The van der Waals surface area contributed by atoms with Gasteiger partial charge in [0.05, 0.1) is 11.7 Å². The van der Waals surface area contributed by atoms with Crippen LogP contribution in [0.2, 0.25) is 0 Å². The minimum atomic E-state index is -0.172. The van der Waals surface area contributed by atoms with Crippen LogP contribution in [-0.2, 0) is 6.42 Å². The number of hydrogen-bond acceptors (Lipinski definition) is 2. The van der Waals surface area contributed by atoms with Crippen LogP contribution in [0.25, 0.3) is 0 Å². The van der Waals surface area contributed by atoms with E-state index in [0.29, 0.717) is 12.0 Å². The molecule has 2 nitrogen and oxygen atoms in total. The minimum Gasteiger partial charge on any atom is -0.308 e. The number of hydrogen-bond donors (Lipinski definition) is 1. The highest BCUT2D eigenvalue weighted by Gasteiger charge is 2.15. The molecule has 0 saturated carbocycles. The lowest BCUT2D eigenvalue weighted by Gasteiger charge is -2.19. The third-order valence-corrected chi connectivity index (χ3v) is 3.86. The highest BCUT2D eigenvalue weighted by Crippen LogP contribution is 2.22. The molecule has 0 aliphatic rings. The SMILES string of the molecule is CCCNC(Cc1cc(Br)ccc1F)c1cc(C)ccn1. The fourth-order valence-corrected chi connectivity index (χ4v) is 2.68. The standard InChI is InChI=1S/C17H20BrFN2/c1-3-7-20-17(16-9-12(2)6-8-21-16)11-13-10-14(18)4-5-15(13)19/h4-6,8-10,17,20H,3,7,11H2,1-2H3. The van der Waals surface area contributed by atoms with Gasteiger partial charge in [-0.25, -0.2) is 4.39 Å². The summed E-state index contributed by atoms with van der Waals surface area (Å²) in [6, 6.07) is 9.11. The molecule has 4 heteroatoms. The van der Waals surface area contributed by atoms with Crippen LogP contribution in [0.4, 0.5) is 4.39 Å². The van der Waals surface area contributed by atoms with Crippen molar-refractivity contribution in [1.82, 2.24) is 10.3 Å². The number of nitrogens with zero attached hydrogens (tertiary/aromatic N) is 1. The summed E-state index contributed by atoms with van der Waals surface area (Å²) in [6.07, 6.45) is 3.42. The number of pyridine rings is 1. The summed E-state index contributed by atoms with van der Waals surface area (Å²) in [7, 11) is 0. The molecule has 0 radical (unpaired) electrons. The molecule has 1 atom stereocenters. The molecule has 0 aliphatic carbocycles. The van der Waals surface area contributed by atoms with E-state index in [1.807, 2.05) is 25.3 Å². The van der Waals surface area contributed by atoms with E-state index >= 15 is 0 Å². The third-order valence-electron chi connectivity index (χ3n) is 3.37. The van der Waals surface area contributed by atoms with E-state index in [1.54, 1.807) is 6.07 Å². The van der Waals surface area contributed by atoms with Crippen molar-refractivity contribution < 1.29 is 4.39 Å². The second-order valence-electron chi connectivity index (χ2n) is 5.20. The van der Waals surface area contributed by atoms with Gasteiger partial charge < -0.3 is 5.32 Å². The Bertz CT molecular complexity index is 601. The lowest BCUT2D eigenvalue weighted by Crippen LogP contribution is -2.25. The molecule has 0 saturated heterocycles. The molecule has 1 unspecified atom stereocenters. The van der Waals surface area contributed by atoms with Crippen LogP contribution in [0.15, 0.2) is 41.0 Å². The van der Waals surface area contributed by atoms with E-state index in [2.05, 4.69) is 39.2 Å². The van der Waals surface area contributed by atoms with Gasteiger partial charge >= 0.3 is 0 Å². The predicted molar refractivity (Wildman–Crippen MR) is 87.8 cm³/mol. The number of aromatic nitrogens is 1. The van der Waals surface area contributed by atoms with Crippen LogP contribution in [0.1, 0.15) is 36.2 Å². The van der Waals surface area contributed by atoms with E-state index in [1.165, 1.54) is 6.07 Å². The molecule has 112 valence electrons. The molecule has 21 heavy (non-hydrogen) atoms. The van der Waals surface area contributed by atoms with Crippen LogP contribution >= 0.6 is 15.9 Å². The molecule has 0 bridgehead atoms. The van der Waals surface area contributed by atoms with E-state index in [9.17, 15) is 4.39 Å². The first kappa shape index (κ1) is 16.1. The maximum atomic E-state index is 14.0. The zero-order chi connectivity index (χ0) is 15.2. The van der Waals surface area contributed by atoms with Crippen molar-refractivity contribution in [2.45, 2.75) is 32.7 Å². The van der Waals surface area contributed by atoms with Gasteiger partial charge in [0.1, 0.15) is 5.82 Å². The Labute approximate surface area is 133 Å². The van der Waals surface area contributed by atoms with Gasteiger partial charge in [0.25, 0.3) is 0 Å². The maximum absolute atomic E-state index is 14.0. The summed E-state index contributed by atoms with van der Waals surface area (Å²) in [4.78, 5) is 4.44. The largest absolute Gasteiger partial charge is 0.308 e. The van der Waals surface area contributed by atoms with Crippen molar-refractivity contribution in [2.24, 2.45) is 0 Å². The van der Waals surface area contributed by atoms with Crippen LogP contribution in [0.5, 0.6) is 0 Å². The van der Waals surface area contributed by atoms with Gasteiger partial charge in [-0.1, -0.05) is 22.9 Å². The predicted octanol–water partition coefficient (Wildman–Crippen LogP) is 4.58. The van der Waals surface area contributed by atoms with Gasteiger partial charge in [0.2, 0.25) is 0 Å². The summed E-state index contributed by atoms with van der Waals surface area (Å²) in [5, 5.41) is 3.46. The number of rotatable bonds is 6. The average molecular weight is 351 g/mol. The molecule has 0 spiro atoms. The number of aryl methyl sites for hydroxylation is 1. The summed E-state index contributed by atoms with van der Waals surface area (Å²) < 4.78 is 14.9. The van der Waals surface area contributed by atoms with E-state index in [-0.39, 0.29) is 11.9 Å². The van der Waals surface area contributed by atoms with Gasteiger partial charge in [0, 0.05) is 10.7 Å². The Morgan fingerprint density at radius 2 is 2.10 bits per heavy atom. The normalized spacial score (nSPS) is 12.4. The molecule has 1 aromatic carbocycles. The molecular formula is C17H20BrFN2. The average Bonchev–Trinajstić information content (AvgIpc) is 2.47. The summed E-state index contributed by atoms with van der Waals surface area (Å²) >= 11 is 3.40. The van der Waals surface area contributed by atoms with Crippen LogP contribution in [0.3, 0.4) is 0 Å². The van der Waals surface area contributed by atoms with E-state index in [4.69, 9.17) is 0 Å². The second kappa shape index (κ2) is 7.66. The number of halogens is 2. The molecule has 0 aliphatic heterocycles. The number of benzene rings is 1. The molecule has 1 aromatic heterocycles. The molecule has 1 heterocycles. The smallest absolute Gasteiger partial charge is 0.126 e. The topological polar surface area (TPSA) is 24.9 Å². The van der Waals surface area contributed by atoms with Crippen molar-refractivity contribution in [3.05, 3.63) is 63.6 Å². The zero-order valence-corrected chi connectivity index (χ0v) is 14.0. The molecule has 2 rings (SSSR count). The van der Waals surface area contributed by atoms with Gasteiger partial charge in [-0.05, 0) is 67.8 Å². The maximum Gasteiger partial charge on any atom is 0.126 e. The first-order valence-corrected chi connectivity index (χ1v) is 7.99. The monoisotopic (exact) mass is 350 g/mol. The molecule has 2 aromatic rings. The number of nitrogens with one attached hydrogen (secondary N) is 1. The Morgan fingerprint density at radius 3 is 2.81 bits per heavy atom. The Balaban J connectivity index is 2.25. The Morgan fingerprint density at radius 1 is 1.29 bits per heavy atom. The van der Waals surface area contributed by atoms with E-state index < -0.39 is 0 Å². The molecule has 1 N–H and O–H groups in total. The Kier molecular flexibility index (Phi) is 5.88. The summed E-state index contributed by atoms with van der Waals surface area (Å²) in [5.74, 6) is -0.172. The van der Waals surface area contributed by atoms with Gasteiger partial charge in [0.15, 0.2) is 0 Å². The summed E-state index contributed by atoms with van der Waals surface area (Å²) in [6.45, 7) is 5.05. The minimum absolute atomic E-state index is 0.0219. The second-order valence-corrected chi connectivity index (χ2v) is 6.12. The lowest BCUT2D eigenvalue weighted by atomic mass is 10.0. The van der Waals surface area contributed by atoms with Crippen molar-refractivity contribution in [3.8, 4) is 0 Å². The van der Waals surface area contributed by atoms with Crippen molar-refractivity contribution in [2.75, 3.05) is 6.54 Å². The van der Waals surface area contributed by atoms with Gasteiger partial charge in [-0.15, -0.1) is 0 Å². The fourth-order valence-electron chi connectivity index (χ4n) is 2.27. The van der Waals surface area contributed by atoms with Crippen molar-refractivity contribution in [3.63, 3.8) is 0 Å². The van der Waals surface area contributed by atoms with Crippen molar-refractivity contribution in [1.29, 1.82) is 0 Å². The fraction of sp³-hybridized carbons (Fsp3) is 0.353. The molecule has 0 fully saturated rings. The molecule has 0 amide bonds. The van der Waals surface area contributed by atoms with E-state index in [0.717, 1.165) is 28.7 Å². The van der Waals surface area contributed by atoms with Gasteiger partial charge in [-0.2, -0.15) is 0 Å². The quantitative estimate of drug-likeness (QED) is 0.824. The lowest BCUT2D eigenvalue weighted by molar-refractivity contribution is 0.503. The van der Waals surface area contributed by atoms with Gasteiger partial charge in [-0.3, -0.25) is 4.98 Å². The van der Waals surface area contributed by atoms with Crippen LogP contribution in [-0.4, -0.2) is 11.5 Å². The first-order valence-electron chi connectivity index (χ1n) is 7.20. The van der Waals surface area contributed by atoms with Crippen LogP contribution in [0, 0.1) is 12.7 Å². The highest BCUT2D eigenvalue weighted by molar-refractivity contribution is 9.10. The Hall–Kier alpha value is -1.26. The van der Waals surface area contributed by atoms with Crippen molar-refractivity contribution >= 4 is 15.9 Å². The first-order chi connectivity index (χ1) is 10.1.